The molecule has 5 aromatic rings. The molecule has 3 aromatic carbocycles. The summed E-state index contributed by atoms with van der Waals surface area (Å²) < 4.78 is 3.40. The predicted octanol–water partition coefficient (Wildman–Crippen LogP) is 5.27. The second-order valence-electron chi connectivity index (χ2n) is 9.83. The van der Waals surface area contributed by atoms with Gasteiger partial charge in [-0.2, -0.15) is 5.10 Å². The second kappa shape index (κ2) is 10.9. The van der Waals surface area contributed by atoms with Crippen molar-refractivity contribution in [3.63, 3.8) is 0 Å². The molecule has 0 bridgehead atoms. The molecule has 1 atom stereocenters. The standard InChI is InChI=1S/C31H29N5O2S/c1-21-10-8-9-15-27(21)36-29-26(19-33-36)30(38)35-24(20-39-31(35)34-29)18-28(37)32-17-16-25(22-11-4-2-5-12-22)23-13-6-3-7-14-23/h2-15,19,24-25H,16-18,20H2,1H3,(H,32,37). The van der Waals surface area contributed by atoms with Crippen LogP contribution in [0.3, 0.4) is 0 Å². The topological polar surface area (TPSA) is 81.8 Å². The Morgan fingerprint density at radius 2 is 1.67 bits per heavy atom. The Morgan fingerprint density at radius 1 is 1.00 bits per heavy atom. The van der Waals surface area contributed by atoms with Crippen LogP contribution in [-0.4, -0.2) is 37.5 Å². The van der Waals surface area contributed by atoms with Crippen LogP contribution in [0.2, 0.25) is 0 Å². The van der Waals surface area contributed by atoms with E-state index in [1.165, 1.54) is 22.9 Å². The van der Waals surface area contributed by atoms with Gasteiger partial charge in [-0.25, -0.2) is 9.67 Å². The lowest BCUT2D eigenvalue weighted by Crippen LogP contribution is -2.31. The minimum Gasteiger partial charge on any atom is -0.356 e. The van der Waals surface area contributed by atoms with Gasteiger partial charge in [-0.05, 0) is 36.1 Å². The first-order valence-electron chi connectivity index (χ1n) is 13.2. The molecule has 1 amide bonds. The van der Waals surface area contributed by atoms with Crippen LogP contribution in [0.1, 0.15) is 41.5 Å². The molecule has 1 unspecified atom stereocenters. The highest BCUT2D eigenvalue weighted by Crippen LogP contribution is 2.34. The number of carbonyl (C=O) groups is 1. The Balaban J connectivity index is 1.16. The molecule has 39 heavy (non-hydrogen) atoms. The van der Waals surface area contributed by atoms with Crippen LogP contribution in [-0.2, 0) is 4.79 Å². The van der Waals surface area contributed by atoms with Gasteiger partial charge in [0.25, 0.3) is 5.56 Å². The summed E-state index contributed by atoms with van der Waals surface area (Å²) in [5.41, 5.74) is 4.80. The third kappa shape index (κ3) is 5.00. The number of aryl methyl sites for hydroxylation is 1. The minimum absolute atomic E-state index is 0.0593. The molecule has 196 valence electrons. The maximum Gasteiger partial charge on any atom is 0.265 e. The fourth-order valence-corrected chi connectivity index (χ4v) is 6.43. The zero-order valence-electron chi connectivity index (χ0n) is 21.7. The van der Waals surface area contributed by atoms with E-state index in [9.17, 15) is 9.59 Å². The number of nitrogens with one attached hydrogen (secondary N) is 1. The molecule has 0 aliphatic carbocycles. The zero-order chi connectivity index (χ0) is 26.8. The van der Waals surface area contributed by atoms with E-state index in [1.807, 2.05) is 67.6 Å². The number of benzene rings is 3. The largest absolute Gasteiger partial charge is 0.356 e. The number of rotatable bonds is 8. The van der Waals surface area contributed by atoms with Gasteiger partial charge < -0.3 is 5.32 Å². The van der Waals surface area contributed by atoms with Gasteiger partial charge in [-0.3, -0.25) is 14.2 Å². The molecule has 0 saturated heterocycles. The summed E-state index contributed by atoms with van der Waals surface area (Å²) in [5, 5.41) is 8.67. The van der Waals surface area contributed by atoms with Gasteiger partial charge in [0.2, 0.25) is 5.91 Å². The minimum atomic E-state index is -0.241. The van der Waals surface area contributed by atoms with Crippen LogP contribution >= 0.6 is 11.8 Å². The summed E-state index contributed by atoms with van der Waals surface area (Å²) in [7, 11) is 0. The summed E-state index contributed by atoms with van der Waals surface area (Å²) in [4.78, 5) is 31.3. The number of para-hydroxylation sites is 1. The van der Waals surface area contributed by atoms with E-state index in [-0.39, 0.29) is 29.8 Å². The molecule has 6 rings (SSSR count). The summed E-state index contributed by atoms with van der Waals surface area (Å²) in [6.07, 6.45) is 2.61. The van der Waals surface area contributed by atoms with Gasteiger partial charge in [-0.1, -0.05) is 90.6 Å². The number of aromatic nitrogens is 4. The van der Waals surface area contributed by atoms with Crippen molar-refractivity contribution in [2.75, 3.05) is 12.3 Å². The van der Waals surface area contributed by atoms with Gasteiger partial charge in [0.15, 0.2) is 10.8 Å². The number of hydrogen-bond donors (Lipinski definition) is 1. The zero-order valence-corrected chi connectivity index (χ0v) is 22.5. The predicted molar refractivity (Wildman–Crippen MR) is 155 cm³/mol. The number of thioether (sulfide) groups is 1. The maximum absolute atomic E-state index is 13.5. The Morgan fingerprint density at radius 3 is 2.36 bits per heavy atom. The van der Waals surface area contributed by atoms with Gasteiger partial charge in [-0.15, -0.1) is 0 Å². The van der Waals surface area contributed by atoms with Gasteiger partial charge in [0.05, 0.1) is 17.9 Å². The lowest BCUT2D eigenvalue weighted by molar-refractivity contribution is -0.121. The van der Waals surface area contributed by atoms with Crippen molar-refractivity contribution in [1.29, 1.82) is 0 Å². The van der Waals surface area contributed by atoms with E-state index in [0.717, 1.165) is 17.7 Å². The Labute approximate surface area is 230 Å². The molecule has 3 heterocycles. The van der Waals surface area contributed by atoms with E-state index in [0.29, 0.717) is 28.5 Å². The van der Waals surface area contributed by atoms with Crippen molar-refractivity contribution in [2.45, 2.75) is 36.9 Å². The fraction of sp³-hybridized carbons (Fsp3) is 0.226. The molecular weight excluding hydrogens is 506 g/mol. The number of fused-ring (bicyclic) bond motifs is 2. The summed E-state index contributed by atoms with van der Waals surface area (Å²) >= 11 is 1.51. The Bertz CT molecular complexity index is 1640. The monoisotopic (exact) mass is 535 g/mol. The highest BCUT2D eigenvalue weighted by molar-refractivity contribution is 7.99. The molecule has 0 radical (unpaired) electrons. The second-order valence-corrected chi connectivity index (χ2v) is 10.8. The molecule has 0 spiro atoms. The van der Waals surface area contributed by atoms with Crippen molar-refractivity contribution in [3.8, 4) is 5.69 Å². The summed E-state index contributed by atoms with van der Waals surface area (Å²) in [6, 6.07) is 28.4. The average Bonchev–Trinajstić information content (AvgIpc) is 3.57. The number of amides is 1. The van der Waals surface area contributed by atoms with Crippen LogP contribution in [0.4, 0.5) is 0 Å². The van der Waals surface area contributed by atoms with Crippen molar-refractivity contribution in [2.24, 2.45) is 0 Å². The average molecular weight is 536 g/mol. The first kappa shape index (κ1) is 25.1. The number of hydrogen-bond acceptors (Lipinski definition) is 5. The molecule has 0 saturated carbocycles. The highest BCUT2D eigenvalue weighted by atomic mass is 32.2. The van der Waals surface area contributed by atoms with Crippen molar-refractivity contribution >= 4 is 28.7 Å². The lowest BCUT2D eigenvalue weighted by atomic mass is 9.88. The molecule has 8 heteroatoms. The van der Waals surface area contributed by atoms with Gasteiger partial charge in [0.1, 0.15) is 5.39 Å². The molecule has 0 fully saturated rings. The maximum atomic E-state index is 13.5. The van der Waals surface area contributed by atoms with E-state index < -0.39 is 0 Å². The SMILES string of the molecule is Cc1ccccc1-n1ncc2c(=O)n3c(nc21)SCC3CC(=O)NCCC(c1ccccc1)c1ccccc1. The number of nitrogens with zero attached hydrogens (tertiary/aromatic N) is 4. The molecule has 2 aromatic heterocycles. The molecule has 1 aliphatic rings. The van der Waals surface area contributed by atoms with E-state index >= 15 is 0 Å². The molecule has 7 nitrogen and oxygen atoms in total. The van der Waals surface area contributed by atoms with Crippen LogP contribution < -0.4 is 10.9 Å². The Hall–Kier alpha value is -4.17. The first-order valence-corrected chi connectivity index (χ1v) is 14.1. The summed E-state index contributed by atoms with van der Waals surface area (Å²) in [5.74, 6) is 0.771. The molecule has 1 N–H and O–H groups in total. The quantitative estimate of drug-likeness (QED) is 0.274. The molecular formula is C31H29N5O2S. The van der Waals surface area contributed by atoms with E-state index in [1.54, 1.807) is 15.4 Å². The first-order chi connectivity index (χ1) is 19.1. The normalized spacial score (nSPS) is 14.6. The van der Waals surface area contributed by atoms with Crippen LogP contribution in [0, 0.1) is 6.92 Å². The van der Waals surface area contributed by atoms with E-state index in [2.05, 4.69) is 34.7 Å². The highest BCUT2D eigenvalue weighted by Gasteiger charge is 2.29. The third-order valence-electron chi connectivity index (χ3n) is 7.29. The van der Waals surface area contributed by atoms with E-state index in [4.69, 9.17) is 4.98 Å². The summed E-state index contributed by atoms with van der Waals surface area (Å²) in [6.45, 7) is 2.56. The van der Waals surface area contributed by atoms with Crippen molar-refractivity contribution in [3.05, 3.63) is 118 Å². The third-order valence-corrected chi connectivity index (χ3v) is 8.39. The smallest absolute Gasteiger partial charge is 0.265 e. The van der Waals surface area contributed by atoms with Gasteiger partial charge in [0, 0.05) is 24.6 Å². The lowest BCUT2D eigenvalue weighted by Gasteiger charge is -2.19. The van der Waals surface area contributed by atoms with Crippen LogP contribution in [0.15, 0.2) is 101 Å². The van der Waals surface area contributed by atoms with Crippen molar-refractivity contribution in [1.82, 2.24) is 24.6 Å². The van der Waals surface area contributed by atoms with Crippen LogP contribution in [0.25, 0.3) is 16.7 Å². The number of carbonyl (C=O) groups excluding carboxylic acids is 1. The Kier molecular flexibility index (Phi) is 7.02. The van der Waals surface area contributed by atoms with Gasteiger partial charge >= 0.3 is 0 Å². The van der Waals surface area contributed by atoms with Crippen LogP contribution in [0.5, 0.6) is 0 Å². The van der Waals surface area contributed by atoms with Crippen molar-refractivity contribution < 1.29 is 4.79 Å². The fourth-order valence-electron chi connectivity index (χ4n) is 5.30. The molecule has 1 aliphatic heterocycles.